The summed E-state index contributed by atoms with van der Waals surface area (Å²) in [5.74, 6) is -1.04. The maximum atomic E-state index is 12.8. The number of nitrogens with one attached hydrogen (secondary N) is 2. The molecule has 0 radical (unpaired) electrons. The molecule has 4 rings (SSSR count). The van der Waals surface area contributed by atoms with Gasteiger partial charge in [-0.05, 0) is 20.3 Å². The number of hydrogen-bond donors (Lipinski definition) is 3. The third-order valence-electron chi connectivity index (χ3n) is 5.73. The van der Waals surface area contributed by atoms with Crippen LogP contribution >= 0.6 is 34.5 Å². The SMILES string of the molecule is CCn1ncnc1-c1nc(N2CCC(NC(=O)c3[nH]c(Cl)c(C)c3Cl)C(OC)C2)sc1C(=O)O. The Morgan fingerprint density at radius 3 is 2.79 bits per heavy atom. The highest BCUT2D eigenvalue weighted by atomic mass is 35.5. The van der Waals surface area contributed by atoms with Crippen LogP contribution in [0.25, 0.3) is 11.5 Å². The number of aryl methyl sites for hydroxylation is 1. The van der Waals surface area contributed by atoms with Crippen LogP contribution in [0.15, 0.2) is 6.33 Å². The van der Waals surface area contributed by atoms with E-state index in [1.807, 2.05) is 11.8 Å². The summed E-state index contributed by atoms with van der Waals surface area (Å²) in [6, 6.07) is -0.284. The molecule has 4 heterocycles. The number of thiazole rings is 1. The molecule has 0 saturated carbocycles. The molecule has 34 heavy (non-hydrogen) atoms. The number of amides is 1. The number of H-pyrrole nitrogens is 1. The molecule has 1 aliphatic rings. The van der Waals surface area contributed by atoms with E-state index in [1.165, 1.54) is 6.33 Å². The highest BCUT2D eigenvalue weighted by molar-refractivity contribution is 7.17. The van der Waals surface area contributed by atoms with E-state index >= 15 is 0 Å². The van der Waals surface area contributed by atoms with Crippen molar-refractivity contribution in [3.8, 4) is 11.5 Å². The van der Waals surface area contributed by atoms with Gasteiger partial charge in [-0.1, -0.05) is 34.5 Å². The number of aromatic nitrogens is 5. The van der Waals surface area contributed by atoms with Crippen LogP contribution in [-0.4, -0.2) is 74.1 Å². The fraction of sp³-hybridized carbons (Fsp3) is 0.450. The van der Waals surface area contributed by atoms with Gasteiger partial charge in [-0.3, -0.25) is 4.79 Å². The number of aromatic amines is 1. The van der Waals surface area contributed by atoms with Crippen molar-refractivity contribution in [3.63, 3.8) is 0 Å². The summed E-state index contributed by atoms with van der Waals surface area (Å²) in [6.45, 7) is 5.10. The third-order valence-corrected chi connectivity index (χ3v) is 7.68. The smallest absolute Gasteiger partial charge is 0.348 e. The molecule has 2 atom stereocenters. The number of methoxy groups -OCH3 is 1. The largest absolute Gasteiger partial charge is 0.477 e. The molecular weight excluding hydrogens is 505 g/mol. The number of anilines is 1. The van der Waals surface area contributed by atoms with E-state index in [0.717, 1.165) is 11.3 Å². The number of carboxylic acid groups (broad SMARTS) is 1. The molecule has 2 unspecified atom stereocenters. The number of ether oxygens (including phenoxy) is 1. The maximum absolute atomic E-state index is 12.8. The third kappa shape index (κ3) is 4.50. The van der Waals surface area contributed by atoms with Gasteiger partial charge in [0.2, 0.25) is 0 Å². The fourth-order valence-electron chi connectivity index (χ4n) is 3.85. The quantitative estimate of drug-likeness (QED) is 0.426. The van der Waals surface area contributed by atoms with Gasteiger partial charge in [0.1, 0.15) is 27.7 Å². The van der Waals surface area contributed by atoms with E-state index in [2.05, 4.69) is 25.4 Å². The first-order valence-electron chi connectivity index (χ1n) is 10.5. The van der Waals surface area contributed by atoms with Crippen molar-refractivity contribution in [1.82, 2.24) is 30.0 Å². The Hall–Kier alpha value is -2.67. The first-order valence-corrected chi connectivity index (χ1v) is 12.1. The lowest BCUT2D eigenvalue weighted by atomic mass is 10.0. The highest BCUT2D eigenvalue weighted by Crippen LogP contribution is 2.34. The summed E-state index contributed by atoms with van der Waals surface area (Å²) >= 11 is 13.3. The molecule has 182 valence electrons. The minimum atomic E-state index is -1.08. The van der Waals surface area contributed by atoms with Crippen molar-refractivity contribution < 1.29 is 19.4 Å². The number of nitrogens with zero attached hydrogens (tertiary/aromatic N) is 5. The van der Waals surface area contributed by atoms with Crippen molar-refractivity contribution >= 4 is 51.5 Å². The summed E-state index contributed by atoms with van der Waals surface area (Å²) in [6.07, 6.45) is 1.57. The van der Waals surface area contributed by atoms with Gasteiger partial charge in [-0.25, -0.2) is 19.4 Å². The zero-order valence-corrected chi connectivity index (χ0v) is 21.0. The van der Waals surface area contributed by atoms with Gasteiger partial charge in [0.15, 0.2) is 11.0 Å². The van der Waals surface area contributed by atoms with Crippen LogP contribution in [0.4, 0.5) is 5.13 Å². The first kappa shape index (κ1) is 24.5. The Balaban J connectivity index is 1.53. The van der Waals surface area contributed by atoms with Crippen LogP contribution in [0.1, 0.15) is 39.1 Å². The van der Waals surface area contributed by atoms with Gasteiger partial charge in [0, 0.05) is 32.3 Å². The molecule has 3 aromatic heterocycles. The molecule has 0 spiro atoms. The van der Waals surface area contributed by atoms with E-state index < -0.39 is 5.97 Å². The first-order chi connectivity index (χ1) is 16.2. The second-order valence-corrected chi connectivity index (χ2v) is 9.45. The Kier molecular flexibility index (Phi) is 7.12. The molecule has 1 aliphatic heterocycles. The standard InChI is InChI=1S/C20H23Cl2N7O4S/c1-4-29-17(23-8-24-29)14-15(19(31)32)34-20(27-14)28-6-5-10(11(7-28)33-3)25-18(30)13-12(21)9(2)16(22)26-13/h8,10-11,26H,4-7H2,1-3H3,(H,25,30)(H,31,32). The van der Waals surface area contributed by atoms with Crippen molar-refractivity contribution in [2.75, 3.05) is 25.1 Å². The molecular formula is C20H23Cl2N7O4S. The lowest BCUT2D eigenvalue weighted by Crippen LogP contribution is -2.55. The van der Waals surface area contributed by atoms with Crippen LogP contribution in [-0.2, 0) is 11.3 Å². The zero-order valence-electron chi connectivity index (χ0n) is 18.6. The fourth-order valence-corrected chi connectivity index (χ4v) is 5.25. The number of halogens is 2. The molecule has 0 aliphatic carbocycles. The van der Waals surface area contributed by atoms with Crippen LogP contribution in [0, 0.1) is 6.92 Å². The molecule has 1 saturated heterocycles. The molecule has 3 aromatic rings. The lowest BCUT2D eigenvalue weighted by molar-refractivity contribution is 0.0540. The van der Waals surface area contributed by atoms with Gasteiger partial charge < -0.3 is 25.0 Å². The predicted molar refractivity (Wildman–Crippen MR) is 128 cm³/mol. The Labute approximate surface area is 209 Å². The molecule has 1 fully saturated rings. The number of carbonyl (C=O) groups excluding carboxylic acids is 1. The van der Waals surface area contributed by atoms with Crippen LogP contribution in [0.2, 0.25) is 10.2 Å². The van der Waals surface area contributed by atoms with E-state index in [-0.39, 0.29) is 39.3 Å². The van der Waals surface area contributed by atoms with Crippen molar-refractivity contribution in [3.05, 3.63) is 32.6 Å². The number of carboxylic acids is 1. The van der Waals surface area contributed by atoms with Crippen LogP contribution in [0.5, 0.6) is 0 Å². The van der Waals surface area contributed by atoms with E-state index in [1.54, 1.807) is 18.7 Å². The minimum absolute atomic E-state index is 0.0933. The average Bonchev–Trinajstić information content (AvgIpc) is 3.53. The average molecular weight is 528 g/mol. The summed E-state index contributed by atoms with van der Waals surface area (Å²) in [5, 5.41) is 18.0. The van der Waals surface area contributed by atoms with Crippen molar-refractivity contribution in [2.45, 2.75) is 39.0 Å². The number of carbonyl (C=O) groups is 2. The molecule has 11 nitrogen and oxygen atoms in total. The second kappa shape index (κ2) is 9.90. The van der Waals surface area contributed by atoms with Gasteiger partial charge in [-0.2, -0.15) is 5.10 Å². The minimum Gasteiger partial charge on any atom is -0.477 e. The second-order valence-electron chi connectivity index (χ2n) is 7.72. The topological polar surface area (TPSA) is 138 Å². The number of hydrogen-bond acceptors (Lipinski definition) is 8. The van der Waals surface area contributed by atoms with Crippen molar-refractivity contribution in [2.24, 2.45) is 0 Å². The number of piperidine rings is 1. The molecule has 0 bridgehead atoms. The number of rotatable bonds is 7. The summed E-state index contributed by atoms with van der Waals surface area (Å²) in [4.78, 5) is 38.3. The number of aromatic carboxylic acids is 1. The van der Waals surface area contributed by atoms with E-state index in [4.69, 9.17) is 27.9 Å². The highest BCUT2D eigenvalue weighted by Gasteiger charge is 2.34. The van der Waals surface area contributed by atoms with Gasteiger partial charge >= 0.3 is 5.97 Å². The van der Waals surface area contributed by atoms with Gasteiger partial charge in [0.25, 0.3) is 5.91 Å². The van der Waals surface area contributed by atoms with Gasteiger partial charge in [-0.15, -0.1) is 0 Å². The molecule has 14 heteroatoms. The summed E-state index contributed by atoms with van der Waals surface area (Å²) < 4.78 is 7.25. The van der Waals surface area contributed by atoms with E-state index in [0.29, 0.717) is 47.7 Å². The summed E-state index contributed by atoms with van der Waals surface area (Å²) in [7, 11) is 1.57. The van der Waals surface area contributed by atoms with Crippen molar-refractivity contribution in [1.29, 1.82) is 0 Å². The monoisotopic (exact) mass is 527 g/mol. The van der Waals surface area contributed by atoms with Crippen LogP contribution < -0.4 is 10.2 Å². The Morgan fingerprint density at radius 1 is 1.41 bits per heavy atom. The Morgan fingerprint density at radius 2 is 2.18 bits per heavy atom. The molecule has 1 amide bonds. The Bertz CT molecular complexity index is 1220. The predicted octanol–water partition coefficient (Wildman–Crippen LogP) is 3.09. The van der Waals surface area contributed by atoms with Gasteiger partial charge in [0.05, 0.1) is 17.2 Å². The normalized spacial score (nSPS) is 18.3. The zero-order chi connectivity index (χ0) is 24.6. The van der Waals surface area contributed by atoms with E-state index in [9.17, 15) is 14.7 Å². The van der Waals surface area contributed by atoms with Crippen LogP contribution in [0.3, 0.4) is 0 Å². The maximum Gasteiger partial charge on any atom is 0.348 e. The molecule has 0 aromatic carbocycles. The summed E-state index contributed by atoms with van der Waals surface area (Å²) in [5.41, 5.74) is 1.10. The molecule has 3 N–H and O–H groups in total. The lowest BCUT2D eigenvalue weighted by Gasteiger charge is -2.37.